The number of likely N-dealkylation sites (tertiary alicyclic amines) is 1. The molecule has 3 nitrogen and oxygen atoms in total. The van der Waals surface area contributed by atoms with Crippen LogP contribution in [0.4, 0.5) is 0 Å². The highest BCUT2D eigenvalue weighted by Gasteiger charge is 2.57. The second-order valence-electron chi connectivity index (χ2n) is 8.14. The molecule has 112 valence electrons. The molecule has 1 amide bonds. The molecular weight excluding hydrogens is 318 g/mol. The van der Waals surface area contributed by atoms with Crippen LogP contribution in [0.25, 0.3) is 0 Å². The lowest BCUT2D eigenvalue weighted by molar-refractivity contribution is -0.145. The van der Waals surface area contributed by atoms with E-state index in [9.17, 15) is 4.79 Å². The van der Waals surface area contributed by atoms with Crippen LogP contribution in [-0.2, 0) is 4.79 Å². The summed E-state index contributed by atoms with van der Waals surface area (Å²) in [6.07, 6.45) is 8.58. The molecule has 20 heavy (non-hydrogen) atoms. The van der Waals surface area contributed by atoms with E-state index in [0.29, 0.717) is 16.1 Å². The average Bonchev–Trinajstić information content (AvgIpc) is 2.22. The molecule has 1 aliphatic heterocycles. The molecule has 0 unspecified atom stereocenters. The van der Waals surface area contributed by atoms with Gasteiger partial charge >= 0.3 is 0 Å². The number of aliphatic hydroxyl groups is 1. The van der Waals surface area contributed by atoms with Crippen molar-refractivity contribution < 1.29 is 9.90 Å². The maximum absolute atomic E-state index is 12.5. The smallest absolute Gasteiger partial charge is 0.223 e. The minimum atomic E-state index is 0.226. The molecule has 1 saturated heterocycles. The van der Waals surface area contributed by atoms with Gasteiger partial charge in [-0.05, 0) is 55.8 Å². The van der Waals surface area contributed by atoms with Gasteiger partial charge in [-0.1, -0.05) is 15.9 Å². The number of rotatable bonds is 3. The Balaban J connectivity index is 1.45. The fraction of sp³-hybridized carbons (Fsp3) is 0.938. The number of carbonyl (C=O) groups excluding carboxylic acids is 1. The second-order valence-corrected chi connectivity index (χ2v) is 9.82. The standard InChI is InChI=1S/C16H24BrNO2/c17-16-4-11-1-12(5-16)3-15(2-11,10-16)6-14(20)18-7-13(8-18)9-19/h11-13,19H,1-10H2/t11-,12-,15?,16?/m1/s1. The zero-order valence-corrected chi connectivity index (χ0v) is 13.6. The van der Waals surface area contributed by atoms with Crippen molar-refractivity contribution in [2.45, 2.75) is 49.3 Å². The Morgan fingerprint density at radius 1 is 1.20 bits per heavy atom. The predicted octanol–water partition coefficient (Wildman–Crippen LogP) is 2.56. The van der Waals surface area contributed by atoms with Gasteiger partial charge in [0.15, 0.2) is 0 Å². The molecule has 4 bridgehead atoms. The van der Waals surface area contributed by atoms with Crippen LogP contribution in [0.5, 0.6) is 0 Å². The van der Waals surface area contributed by atoms with E-state index in [1.165, 1.54) is 38.5 Å². The minimum absolute atomic E-state index is 0.226. The number of nitrogens with zero attached hydrogens (tertiary/aromatic N) is 1. The lowest BCUT2D eigenvalue weighted by atomic mass is 9.48. The van der Waals surface area contributed by atoms with Crippen LogP contribution >= 0.6 is 15.9 Å². The van der Waals surface area contributed by atoms with Gasteiger partial charge in [0.1, 0.15) is 0 Å². The van der Waals surface area contributed by atoms with Crippen LogP contribution in [0, 0.1) is 23.2 Å². The number of halogens is 1. The Labute approximate surface area is 129 Å². The summed E-state index contributed by atoms with van der Waals surface area (Å²) in [7, 11) is 0. The molecule has 4 heteroatoms. The van der Waals surface area contributed by atoms with Gasteiger partial charge in [0, 0.05) is 36.4 Å². The van der Waals surface area contributed by atoms with Gasteiger partial charge in [0.2, 0.25) is 5.91 Å². The first-order valence-electron chi connectivity index (χ1n) is 8.07. The molecule has 2 atom stereocenters. The van der Waals surface area contributed by atoms with E-state index in [4.69, 9.17) is 5.11 Å². The van der Waals surface area contributed by atoms with E-state index in [-0.39, 0.29) is 12.0 Å². The van der Waals surface area contributed by atoms with E-state index in [1.807, 2.05) is 4.90 Å². The Kier molecular flexibility index (Phi) is 3.02. The molecule has 4 saturated carbocycles. The third kappa shape index (κ3) is 2.14. The van der Waals surface area contributed by atoms with E-state index in [0.717, 1.165) is 31.3 Å². The fourth-order valence-corrected chi connectivity index (χ4v) is 7.37. The molecular formula is C16H24BrNO2. The number of amides is 1. The highest BCUT2D eigenvalue weighted by atomic mass is 79.9. The monoisotopic (exact) mass is 341 g/mol. The van der Waals surface area contributed by atoms with Crippen LogP contribution in [0.3, 0.4) is 0 Å². The molecule has 0 aromatic rings. The van der Waals surface area contributed by atoms with Gasteiger partial charge in [-0.25, -0.2) is 0 Å². The van der Waals surface area contributed by atoms with Crippen molar-refractivity contribution in [2.75, 3.05) is 19.7 Å². The van der Waals surface area contributed by atoms with Gasteiger partial charge in [-0.2, -0.15) is 0 Å². The molecule has 0 radical (unpaired) electrons. The van der Waals surface area contributed by atoms with Crippen molar-refractivity contribution in [3.05, 3.63) is 0 Å². The Morgan fingerprint density at radius 3 is 2.40 bits per heavy atom. The van der Waals surface area contributed by atoms with Gasteiger partial charge < -0.3 is 10.0 Å². The van der Waals surface area contributed by atoms with Gasteiger partial charge in [-0.15, -0.1) is 0 Å². The first kappa shape index (κ1) is 13.6. The predicted molar refractivity (Wildman–Crippen MR) is 80.5 cm³/mol. The molecule has 4 aliphatic carbocycles. The van der Waals surface area contributed by atoms with Crippen molar-refractivity contribution in [3.8, 4) is 0 Å². The van der Waals surface area contributed by atoms with E-state index < -0.39 is 0 Å². The second kappa shape index (κ2) is 4.45. The largest absolute Gasteiger partial charge is 0.396 e. The summed E-state index contributed by atoms with van der Waals surface area (Å²) in [5.41, 5.74) is 0.287. The van der Waals surface area contributed by atoms with Gasteiger partial charge in [-0.3, -0.25) is 4.79 Å². The zero-order chi connectivity index (χ0) is 14.0. The molecule has 1 N–H and O–H groups in total. The number of alkyl halides is 1. The van der Waals surface area contributed by atoms with Crippen LogP contribution in [0.1, 0.15) is 44.9 Å². The van der Waals surface area contributed by atoms with Crippen LogP contribution < -0.4 is 0 Å². The SMILES string of the molecule is O=C(CC12C[C@H]3C[C@@H](CC(Br)(C3)C1)C2)N1CC(CO)C1. The quantitative estimate of drug-likeness (QED) is 0.801. The molecule has 5 fully saturated rings. The van der Waals surface area contributed by atoms with Crippen molar-refractivity contribution in [2.24, 2.45) is 23.2 Å². The lowest BCUT2D eigenvalue weighted by Gasteiger charge is -2.60. The van der Waals surface area contributed by atoms with Gasteiger partial charge in [0.05, 0.1) is 0 Å². The first-order valence-corrected chi connectivity index (χ1v) is 8.86. The van der Waals surface area contributed by atoms with E-state index in [2.05, 4.69) is 15.9 Å². The summed E-state index contributed by atoms with van der Waals surface area (Å²) >= 11 is 4.01. The Hall–Kier alpha value is -0.0900. The van der Waals surface area contributed by atoms with Crippen molar-refractivity contribution in [1.29, 1.82) is 0 Å². The molecule has 1 heterocycles. The molecule has 0 aromatic heterocycles. The third-order valence-corrected chi connectivity index (χ3v) is 7.13. The lowest BCUT2D eigenvalue weighted by Crippen LogP contribution is -2.56. The summed E-state index contributed by atoms with van der Waals surface area (Å²) in [4.78, 5) is 14.5. The summed E-state index contributed by atoms with van der Waals surface area (Å²) in [5.74, 6) is 2.38. The highest BCUT2D eigenvalue weighted by Crippen LogP contribution is 2.65. The first-order chi connectivity index (χ1) is 9.49. The van der Waals surface area contributed by atoms with Crippen molar-refractivity contribution in [3.63, 3.8) is 0 Å². The third-order valence-electron chi connectivity index (χ3n) is 6.21. The van der Waals surface area contributed by atoms with Crippen LogP contribution in [0.15, 0.2) is 0 Å². The summed E-state index contributed by atoms with van der Waals surface area (Å²) < 4.78 is 0.347. The average molecular weight is 342 g/mol. The van der Waals surface area contributed by atoms with Crippen LogP contribution in [-0.4, -0.2) is 39.9 Å². The van der Waals surface area contributed by atoms with E-state index >= 15 is 0 Å². The number of carbonyl (C=O) groups is 1. The normalized spacial score (nSPS) is 46.6. The number of aliphatic hydroxyl groups excluding tert-OH is 1. The summed E-state index contributed by atoms with van der Waals surface area (Å²) in [5, 5.41) is 9.08. The molecule has 0 aromatic carbocycles. The maximum Gasteiger partial charge on any atom is 0.223 e. The topological polar surface area (TPSA) is 40.5 Å². The summed E-state index contributed by atoms with van der Waals surface area (Å²) in [6, 6.07) is 0. The van der Waals surface area contributed by atoms with Crippen molar-refractivity contribution >= 4 is 21.8 Å². The number of hydrogen-bond donors (Lipinski definition) is 1. The Morgan fingerprint density at radius 2 is 1.85 bits per heavy atom. The molecule has 5 rings (SSSR count). The van der Waals surface area contributed by atoms with E-state index in [1.54, 1.807) is 0 Å². The maximum atomic E-state index is 12.5. The Bertz CT molecular complexity index is 418. The van der Waals surface area contributed by atoms with Gasteiger partial charge in [0.25, 0.3) is 0 Å². The molecule has 5 aliphatic rings. The summed E-state index contributed by atoms with van der Waals surface area (Å²) in [6.45, 7) is 1.78. The number of hydrogen-bond acceptors (Lipinski definition) is 2. The minimum Gasteiger partial charge on any atom is -0.396 e. The van der Waals surface area contributed by atoms with Crippen molar-refractivity contribution in [1.82, 2.24) is 4.90 Å². The fourth-order valence-electron chi connectivity index (χ4n) is 5.86. The molecule has 0 spiro atoms. The highest BCUT2D eigenvalue weighted by molar-refractivity contribution is 9.10. The zero-order valence-electron chi connectivity index (χ0n) is 12.0. The van der Waals surface area contributed by atoms with Crippen LogP contribution in [0.2, 0.25) is 0 Å².